The van der Waals surface area contributed by atoms with Crippen LogP contribution in [0.25, 0.3) is 22.5 Å². The van der Waals surface area contributed by atoms with Crippen molar-refractivity contribution in [1.29, 1.82) is 11.8 Å². The van der Waals surface area contributed by atoms with Crippen molar-refractivity contribution in [1.82, 2.24) is 9.97 Å². The summed E-state index contributed by atoms with van der Waals surface area (Å²) in [5, 5.41) is 20.7. The highest BCUT2D eigenvalue weighted by atomic mass is 31.1. The van der Waals surface area contributed by atoms with Crippen LogP contribution >= 0.6 is 17.8 Å². The SMILES string of the molecule is CC1(C)c2ccccc2N(c2ccc(-c3nc(C#N)c(-c4ccc(N5c6ccccc6C(C)(C)c6ccccc65)cc4)nc3C#N)cc2)c2ccccc21.[2H]P(CP)C(C)=O. The van der Waals surface area contributed by atoms with Crippen LogP contribution in [0.3, 0.4) is 0 Å². The van der Waals surface area contributed by atoms with Gasteiger partial charge in [0, 0.05) is 33.3 Å². The van der Waals surface area contributed by atoms with Gasteiger partial charge in [0.15, 0.2) is 11.4 Å². The minimum atomic E-state index is -1.06. The number of anilines is 6. The summed E-state index contributed by atoms with van der Waals surface area (Å²) in [7, 11) is 1.32. The first-order valence-corrected chi connectivity index (χ1v) is 21.7. The van der Waals surface area contributed by atoms with E-state index in [2.05, 4.69) is 156 Å². The zero-order valence-electron chi connectivity index (χ0n) is 35.2. The Morgan fingerprint density at radius 2 is 0.883 bits per heavy atom. The van der Waals surface area contributed by atoms with Crippen molar-refractivity contribution in [3.05, 3.63) is 179 Å². The van der Waals surface area contributed by atoms with Gasteiger partial charge in [-0.1, -0.05) is 125 Å². The van der Waals surface area contributed by atoms with E-state index in [0.29, 0.717) is 28.4 Å². The third kappa shape index (κ3) is 7.05. The van der Waals surface area contributed by atoms with Gasteiger partial charge in [0.05, 0.1) is 24.0 Å². The van der Waals surface area contributed by atoms with E-state index in [4.69, 9.17) is 11.2 Å². The summed E-state index contributed by atoms with van der Waals surface area (Å²) in [6, 6.07) is 54.6. The van der Waals surface area contributed by atoms with Gasteiger partial charge in [0.1, 0.15) is 29.1 Å². The molecule has 0 aliphatic carbocycles. The molecule has 0 radical (unpaired) electrons. The van der Waals surface area contributed by atoms with Crippen molar-refractivity contribution in [2.75, 3.05) is 15.7 Å². The molecule has 0 N–H and O–H groups in total. The van der Waals surface area contributed by atoms with Crippen molar-refractivity contribution < 1.29 is 4.79 Å². The minimum absolute atomic E-state index is 0.00463. The van der Waals surface area contributed by atoms with E-state index in [9.17, 15) is 15.3 Å². The molecule has 9 heteroatoms. The molecule has 0 saturated heterocycles. The number of carbonyl (C=O) groups is 1. The summed E-state index contributed by atoms with van der Waals surface area (Å²) < 4.78 is 6.97. The van der Waals surface area contributed by atoms with Gasteiger partial charge in [-0.3, -0.25) is 4.79 Å². The van der Waals surface area contributed by atoms with Crippen molar-refractivity contribution in [3.63, 3.8) is 0 Å². The van der Waals surface area contributed by atoms with Gasteiger partial charge in [0.2, 0.25) is 0 Å². The lowest BCUT2D eigenvalue weighted by molar-refractivity contribution is -0.109. The second-order valence-electron chi connectivity index (χ2n) is 15.8. The van der Waals surface area contributed by atoms with Crippen LogP contribution < -0.4 is 9.80 Å². The molecule has 0 saturated carbocycles. The largest absolute Gasteiger partial charge is 0.310 e. The van der Waals surface area contributed by atoms with E-state index in [0.717, 1.165) is 34.1 Å². The van der Waals surface area contributed by atoms with E-state index in [-0.39, 0.29) is 27.7 Å². The average molecular weight is 820 g/mol. The molecule has 0 amide bonds. The van der Waals surface area contributed by atoms with Crippen molar-refractivity contribution >= 4 is 57.4 Å². The second kappa shape index (κ2) is 16.3. The average Bonchev–Trinajstić information content (AvgIpc) is 3.29. The molecule has 9 rings (SSSR count). The van der Waals surface area contributed by atoms with Gasteiger partial charge in [0.25, 0.3) is 0 Å². The third-order valence-corrected chi connectivity index (χ3v) is 12.7. The molecule has 2 atom stereocenters. The third-order valence-electron chi connectivity index (χ3n) is 11.5. The summed E-state index contributed by atoms with van der Waals surface area (Å²) in [6.45, 7) is 10.5. The Morgan fingerprint density at radius 3 is 1.13 bits per heavy atom. The minimum Gasteiger partial charge on any atom is -0.310 e. The molecule has 7 nitrogen and oxygen atoms in total. The molecule has 60 heavy (non-hydrogen) atoms. The number of carbonyl (C=O) groups excluding carboxylic acids is 1. The lowest BCUT2D eigenvalue weighted by atomic mass is 9.73. The number of hydrogen-bond acceptors (Lipinski definition) is 7. The molecular weight excluding hydrogens is 775 g/mol. The molecule has 294 valence electrons. The van der Waals surface area contributed by atoms with E-state index >= 15 is 0 Å². The van der Waals surface area contributed by atoms with Crippen LogP contribution in [0.15, 0.2) is 146 Å². The smallest absolute Gasteiger partial charge is 0.167 e. The van der Waals surface area contributed by atoms with Crippen molar-refractivity contribution in [2.24, 2.45) is 0 Å². The molecule has 0 fully saturated rings. The zero-order chi connectivity index (χ0) is 43.1. The Bertz CT molecular complexity index is 2610. The summed E-state index contributed by atoms with van der Waals surface area (Å²) >= 11 is 0. The maximum atomic E-state index is 10.3. The van der Waals surface area contributed by atoms with E-state index in [1.165, 1.54) is 29.2 Å². The Labute approximate surface area is 357 Å². The number of nitriles is 2. The van der Waals surface area contributed by atoms with Gasteiger partial charge < -0.3 is 9.80 Å². The Kier molecular flexibility index (Phi) is 10.6. The lowest BCUT2D eigenvalue weighted by Gasteiger charge is -2.42. The maximum absolute atomic E-state index is 10.3. The standard InChI is InChI=1S/C48H36N6.C3H8OP2/c1-47(2)35-13-5-9-17-41(35)53(42-18-10-6-14-36(42)47)33-25-21-31(22-26-33)45-39(29-49)52-46(40(30-50)51-45)32-23-27-34(28-24-32)54-43-19-11-7-15-37(43)48(3,4)38-16-8-12-20-44(38)54;1-3(4)6-2-5/h5-28H,1-4H3;6H,2,5H2,1H3/i;6D. The van der Waals surface area contributed by atoms with Gasteiger partial charge in [-0.05, 0) is 92.1 Å². The van der Waals surface area contributed by atoms with Crippen LogP contribution in [0, 0.1) is 22.7 Å². The predicted molar refractivity (Wildman–Crippen MR) is 250 cm³/mol. The highest BCUT2D eigenvalue weighted by molar-refractivity contribution is 7.63. The topological polar surface area (TPSA) is 96.9 Å². The first-order chi connectivity index (χ1) is 29.4. The first-order valence-electron chi connectivity index (χ1n) is 20.2. The first kappa shape index (κ1) is 39.0. The monoisotopic (exact) mass is 819 g/mol. The van der Waals surface area contributed by atoms with Gasteiger partial charge in [-0.15, -0.1) is 9.24 Å². The van der Waals surface area contributed by atoms with Crippen molar-refractivity contribution in [2.45, 2.75) is 45.4 Å². The van der Waals surface area contributed by atoms with Crippen LogP contribution in [0.2, 0.25) is 0 Å². The number of hydrogen-bond donors (Lipinski definition) is 0. The Balaban J connectivity index is 0.000000678. The number of nitrogens with zero attached hydrogens (tertiary/aromatic N) is 6. The van der Waals surface area contributed by atoms with Gasteiger partial charge >= 0.3 is 0 Å². The highest BCUT2D eigenvalue weighted by Crippen LogP contribution is 2.53. The summed E-state index contributed by atoms with van der Waals surface area (Å²) in [5.41, 5.74) is 13.7. The van der Waals surface area contributed by atoms with Crippen LogP contribution in [-0.4, -0.2) is 22.7 Å². The molecule has 2 aliphatic heterocycles. The number of aromatic nitrogens is 2. The summed E-state index contributed by atoms with van der Waals surface area (Å²) in [5.74, 6) is 0.616. The van der Waals surface area contributed by atoms with E-state index < -0.39 is 8.53 Å². The summed E-state index contributed by atoms with van der Waals surface area (Å²) in [4.78, 5) is 24.3. The number of rotatable bonds is 6. The van der Waals surface area contributed by atoms with E-state index in [1.807, 2.05) is 48.5 Å². The Hall–Kier alpha value is -6.49. The molecule has 1 aromatic heterocycles. The zero-order valence-corrected chi connectivity index (χ0v) is 36.2. The molecule has 2 unspecified atom stereocenters. The maximum Gasteiger partial charge on any atom is 0.167 e. The second-order valence-corrected chi connectivity index (χ2v) is 18.2. The molecular formula is C51H44N6OP2. The fourth-order valence-corrected chi connectivity index (χ4v) is 9.58. The van der Waals surface area contributed by atoms with Crippen LogP contribution in [0.4, 0.5) is 34.1 Å². The molecule has 0 spiro atoms. The molecule has 3 heterocycles. The van der Waals surface area contributed by atoms with Crippen LogP contribution in [-0.2, 0) is 15.6 Å². The van der Waals surface area contributed by atoms with E-state index in [1.54, 1.807) is 0 Å². The molecule has 2 aliphatic rings. The number of benzene rings is 6. The highest BCUT2D eigenvalue weighted by Gasteiger charge is 2.38. The molecule has 0 bridgehead atoms. The normalized spacial score (nSPS) is 14.6. The lowest BCUT2D eigenvalue weighted by Crippen LogP contribution is -2.30. The van der Waals surface area contributed by atoms with Crippen LogP contribution in [0.5, 0.6) is 0 Å². The van der Waals surface area contributed by atoms with Crippen molar-refractivity contribution in [3.8, 4) is 34.7 Å². The quantitative estimate of drug-likeness (QED) is 0.154. The van der Waals surface area contributed by atoms with Gasteiger partial charge in [-0.25, -0.2) is 9.97 Å². The summed E-state index contributed by atoms with van der Waals surface area (Å²) in [6.07, 6.45) is 0. The fourth-order valence-electron chi connectivity index (χ4n) is 8.55. The molecule has 6 aromatic carbocycles. The Morgan fingerprint density at radius 1 is 0.583 bits per heavy atom. The number of fused-ring (bicyclic) bond motifs is 4. The van der Waals surface area contributed by atoms with Gasteiger partial charge in [-0.2, -0.15) is 10.5 Å². The number of para-hydroxylation sites is 4. The molecule has 7 aromatic rings. The predicted octanol–water partition coefficient (Wildman–Crippen LogP) is 12.8. The van der Waals surface area contributed by atoms with Crippen LogP contribution in [0.1, 0.15) is 68.3 Å². The fraction of sp³-hybridized carbons (Fsp3) is 0.157.